The molecular weight excluding hydrogens is 304 g/mol. The van der Waals surface area contributed by atoms with Gasteiger partial charge in [0.1, 0.15) is 5.75 Å². The Kier molecular flexibility index (Phi) is 5.95. The molecule has 0 atom stereocenters. The van der Waals surface area contributed by atoms with Crippen LogP contribution in [0.5, 0.6) is 5.75 Å². The van der Waals surface area contributed by atoms with Crippen molar-refractivity contribution in [3.8, 4) is 5.75 Å². The maximum absolute atomic E-state index is 12.5. The van der Waals surface area contributed by atoms with Crippen molar-refractivity contribution in [2.45, 2.75) is 20.8 Å². The van der Waals surface area contributed by atoms with E-state index < -0.39 is 0 Å². The molecule has 2 aromatic carbocycles. The Morgan fingerprint density at radius 3 is 2.33 bits per heavy atom. The molecule has 0 bridgehead atoms. The number of ether oxygens (including phenoxy) is 1. The number of benzene rings is 2. The van der Waals surface area contributed by atoms with E-state index >= 15 is 0 Å². The first-order valence-electron chi connectivity index (χ1n) is 7.95. The summed E-state index contributed by atoms with van der Waals surface area (Å²) in [6.45, 7) is 6.01. The van der Waals surface area contributed by atoms with Crippen molar-refractivity contribution in [3.63, 3.8) is 0 Å². The largest absolute Gasteiger partial charge is 0.493 e. The summed E-state index contributed by atoms with van der Waals surface area (Å²) in [5.74, 6) is 0.106. The quantitative estimate of drug-likeness (QED) is 0.845. The van der Waals surface area contributed by atoms with Gasteiger partial charge in [0.05, 0.1) is 12.2 Å². The summed E-state index contributed by atoms with van der Waals surface area (Å²) in [7, 11) is 0. The Morgan fingerprint density at radius 1 is 1.00 bits per heavy atom. The zero-order valence-electron chi connectivity index (χ0n) is 14.1. The van der Waals surface area contributed by atoms with Crippen LogP contribution >= 0.6 is 0 Å². The number of hydrogen-bond donors (Lipinski definition) is 2. The highest BCUT2D eigenvalue weighted by Crippen LogP contribution is 2.21. The van der Waals surface area contributed by atoms with Gasteiger partial charge in [-0.15, -0.1) is 0 Å². The summed E-state index contributed by atoms with van der Waals surface area (Å²) in [6, 6.07) is 14.1. The van der Waals surface area contributed by atoms with Crippen molar-refractivity contribution in [2.75, 3.05) is 17.2 Å². The second kappa shape index (κ2) is 8.15. The minimum Gasteiger partial charge on any atom is -0.493 e. The minimum atomic E-state index is -0.258. The Hall–Kier alpha value is -2.82. The van der Waals surface area contributed by atoms with E-state index in [1.54, 1.807) is 42.5 Å². The molecule has 0 spiro atoms. The van der Waals surface area contributed by atoms with Gasteiger partial charge in [0.15, 0.2) is 0 Å². The molecule has 0 aliphatic rings. The molecule has 126 valence electrons. The molecule has 2 amide bonds. The first kappa shape index (κ1) is 17.5. The van der Waals surface area contributed by atoms with E-state index in [-0.39, 0.29) is 17.7 Å². The molecule has 0 fully saturated rings. The molecular formula is C19H22N2O3. The van der Waals surface area contributed by atoms with Crippen LogP contribution in [0.4, 0.5) is 11.4 Å². The average Bonchev–Trinajstić information content (AvgIpc) is 2.55. The Balaban J connectivity index is 2.14. The lowest BCUT2D eigenvalue weighted by atomic mass is 10.1. The number of para-hydroxylation sites is 1. The third kappa shape index (κ3) is 4.59. The second-order valence-corrected chi connectivity index (χ2v) is 5.61. The molecule has 0 aromatic heterocycles. The Morgan fingerprint density at radius 2 is 1.67 bits per heavy atom. The van der Waals surface area contributed by atoms with Crippen LogP contribution in [0.15, 0.2) is 48.5 Å². The first-order chi connectivity index (χ1) is 11.5. The van der Waals surface area contributed by atoms with E-state index in [0.717, 1.165) is 0 Å². The molecule has 0 heterocycles. The van der Waals surface area contributed by atoms with Crippen LogP contribution in [0.1, 0.15) is 31.1 Å². The number of anilines is 2. The van der Waals surface area contributed by atoms with E-state index in [4.69, 9.17) is 4.74 Å². The van der Waals surface area contributed by atoms with Gasteiger partial charge in [-0.05, 0) is 37.3 Å². The van der Waals surface area contributed by atoms with Crippen LogP contribution in [0.2, 0.25) is 0 Å². The standard InChI is InChI=1S/C19H22N2O3/c1-4-24-17-11-6-5-10-16(17)19(23)21-15-9-7-8-14(12-15)20-18(22)13(2)3/h5-13H,4H2,1-3H3,(H,20,22)(H,21,23). The van der Waals surface area contributed by atoms with E-state index in [1.807, 2.05) is 26.8 Å². The van der Waals surface area contributed by atoms with E-state index in [1.165, 1.54) is 0 Å². The van der Waals surface area contributed by atoms with Crippen molar-refractivity contribution in [2.24, 2.45) is 5.92 Å². The number of hydrogen-bond acceptors (Lipinski definition) is 3. The van der Waals surface area contributed by atoms with E-state index in [9.17, 15) is 9.59 Å². The SMILES string of the molecule is CCOc1ccccc1C(=O)Nc1cccc(NC(=O)C(C)C)c1. The monoisotopic (exact) mass is 326 g/mol. The lowest BCUT2D eigenvalue weighted by molar-refractivity contribution is -0.118. The van der Waals surface area contributed by atoms with Crippen molar-refractivity contribution >= 4 is 23.2 Å². The van der Waals surface area contributed by atoms with Crippen molar-refractivity contribution < 1.29 is 14.3 Å². The van der Waals surface area contributed by atoms with Crippen LogP contribution in [0.3, 0.4) is 0 Å². The molecule has 0 aliphatic carbocycles. The molecule has 0 saturated carbocycles. The van der Waals surface area contributed by atoms with Crippen LogP contribution in [0.25, 0.3) is 0 Å². The molecule has 0 unspecified atom stereocenters. The number of carbonyl (C=O) groups is 2. The fourth-order valence-electron chi connectivity index (χ4n) is 2.10. The van der Waals surface area contributed by atoms with Crippen LogP contribution in [-0.2, 0) is 4.79 Å². The zero-order chi connectivity index (χ0) is 17.5. The highest BCUT2D eigenvalue weighted by atomic mass is 16.5. The van der Waals surface area contributed by atoms with Crippen molar-refractivity contribution in [1.82, 2.24) is 0 Å². The third-order valence-electron chi connectivity index (χ3n) is 3.34. The Bertz CT molecular complexity index is 726. The molecule has 5 heteroatoms. The molecule has 2 N–H and O–H groups in total. The van der Waals surface area contributed by atoms with Crippen LogP contribution < -0.4 is 15.4 Å². The lowest BCUT2D eigenvalue weighted by Crippen LogP contribution is -2.18. The van der Waals surface area contributed by atoms with Gasteiger partial charge in [0.25, 0.3) is 5.91 Å². The van der Waals surface area contributed by atoms with Gasteiger partial charge in [0.2, 0.25) is 5.91 Å². The highest BCUT2D eigenvalue weighted by Gasteiger charge is 2.13. The summed E-state index contributed by atoms with van der Waals surface area (Å²) in [4.78, 5) is 24.2. The van der Waals surface area contributed by atoms with Gasteiger partial charge in [-0.25, -0.2) is 0 Å². The van der Waals surface area contributed by atoms with E-state index in [2.05, 4.69) is 10.6 Å². The fourth-order valence-corrected chi connectivity index (χ4v) is 2.10. The molecule has 5 nitrogen and oxygen atoms in total. The van der Waals surface area contributed by atoms with Gasteiger partial charge in [0, 0.05) is 17.3 Å². The molecule has 2 aromatic rings. The predicted molar refractivity (Wildman–Crippen MR) is 95.5 cm³/mol. The second-order valence-electron chi connectivity index (χ2n) is 5.61. The third-order valence-corrected chi connectivity index (χ3v) is 3.34. The van der Waals surface area contributed by atoms with Gasteiger partial charge in [-0.2, -0.15) is 0 Å². The lowest BCUT2D eigenvalue weighted by Gasteiger charge is -2.12. The first-order valence-corrected chi connectivity index (χ1v) is 7.95. The summed E-state index contributed by atoms with van der Waals surface area (Å²) in [5, 5.41) is 5.64. The summed E-state index contributed by atoms with van der Waals surface area (Å²) in [5.41, 5.74) is 1.72. The van der Waals surface area contributed by atoms with Gasteiger partial charge >= 0.3 is 0 Å². The number of nitrogens with one attached hydrogen (secondary N) is 2. The number of amides is 2. The Labute approximate surface area is 142 Å². The summed E-state index contributed by atoms with van der Waals surface area (Å²) >= 11 is 0. The molecule has 0 radical (unpaired) electrons. The van der Waals surface area contributed by atoms with Gasteiger partial charge in [-0.3, -0.25) is 9.59 Å². The molecule has 24 heavy (non-hydrogen) atoms. The summed E-state index contributed by atoms with van der Waals surface area (Å²) < 4.78 is 5.48. The maximum atomic E-state index is 12.5. The number of rotatable bonds is 6. The molecule has 0 saturated heterocycles. The van der Waals surface area contributed by atoms with Gasteiger partial charge in [-0.1, -0.05) is 32.0 Å². The topological polar surface area (TPSA) is 67.4 Å². The van der Waals surface area contributed by atoms with Crippen molar-refractivity contribution in [1.29, 1.82) is 0 Å². The average molecular weight is 326 g/mol. The highest BCUT2D eigenvalue weighted by molar-refractivity contribution is 6.06. The fraction of sp³-hybridized carbons (Fsp3) is 0.263. The van der Waals surface area contributed by atoms with Crippen LogP contribution in [-0.4, -0.2) is 18.4 Å². The summed E-state index contributed by atoms with van der Waals surface area (Å²) in [6.07, 6.45) is 0. The normalized spacial score (nSPS) is 10.3. The smallest absolute Gasteiger partial charge is 0.259 e. The zero-order valence-corrected chi connectivity index (χ0v) is 14.1. The van der Waals surface area contributed by atoms with Crippen molar-refractivity contribution in [3.05, 3.63) is 54.1 Å². The predicted octanol–water partition coefficient (Wildman–Crippen LogP) is 3.93. The molecule has 0 aliphatic heterocycles. The van der Waals surface area contributed by atoms with Crippen LogP contribution in [0, 0.1) is 5.92 Å². The van der Waals surface area contributed by atoms with Gasteiger partial charge < -0.3 is 15.4 Å². The maximum Gasteiger partial charge on any atom is 0.259 e. The molecule has 2 rings (SSSR count). The minimum absolute atomic E-state index is 0.0693. The number of carbonyl (C=O) groups excluding carboxylic acids is 2. The van der Waals surface area contributed by atoms with E-state index in [0.29, 0.717) is 29.3 Å².